The van der Waals surface area contributed by atoms with E-state index in [0.717, 1.165) is 30.0 Å². The van der Waals surface area contributed by atoms with Crippen LogP contribution in [0.4, 0.5) is 17.6 Å². The Hall–Kier alpha value is -2.52. The number of rotatable bonds is 5. The number of alkyl halides is 2. The van der Waals surface area contributed by atoms with Crippen molar-refractivity contribution in [3.8, 4) is 5.75 Å². The van der Waals surface area contributed by atoms with Crippen molar-refractivity contribution in [2.75, 3.05) is 6.61 Å². The molecule has 0 spiro atoms. The van der Waals surface area contributed by atoms with Gasteiger partial charge in [-0.2, -0.15) is 8.78 Å². The van der Waals surface area contributed by atoms with Crippen LogP contribution in [0.25, 0.3) is 4.91 Å². The fourth-order valence-corrected chi connectivity index (χ4v) is 4.33. The molecular weight excluding hydrogens is 396 g/mol. The number of para-hydroxylation sites is 1. The molecular formula is C19H16F4N2O2S. The van der Waals surface area contributed by atoms with E-state index in [-0.39, 0.29) is 23.5 Å². The molecule has 0 radical (unpaired) electrons. The fraction of sp³-hybridized carbons (Fsp3) is 0.211. The van der Waals surface area contributed by atoms with Gasteiger partial charge < -0.3 is 4.74 Å². The summed E-state index contributed by atoms with van der Waals surface area (Å²) < 4.78 is 59.5. The first-order chi connectivity index (χ1) is 13.3. The van der Waals surface area contributed by atoms with Gasteiger partial charge in [-0.05, 0) is 24.3 Å². The van der Waals surface area contributed by atoms with Crippen molar-refractivity contribution < 1.29 is 27.1 Å². The highest BCUT2D eigenvalue weighted by Gasteiger charge is 2.47. The zero-order valence-electron chi connectivity index (χ0n) is 14.5. The molecule has 9 heteroatoms. The van der Waals surface area contributed by atoms with Gasteiger partial charge in [-0.3, -0.25) is 9.80 Å². The van der Waals surface area contributed by atoms with Crippen molar-refractivity contribution in [3.05, 3.63) is 71.8 Å². The molecule has 1 aliphatic heterocycles. The Morgan fingerprint density at radius 1 is 1.25 bits per heavy atom. The summed E-state index contributed by atoms with van der Waals surface area (Å²) in [5.41, 5.74) is 0.215. The molecule has 0 saturated heterocycles. The summed E-state index contributed by atoms with van der Waals surface area (Å²) in [6.07, 6.45) is -3.30. The molecule has 0 bridgehead atoms. The minimum absolute atomic E-state index is 0.0335. The molecule has 2 N–H and O–H groups in total. The number of benzene rings is 2. The second-order valence-electron chi connectivity index (χ2n) is 6.04. The van der Waals surface area contributed by atoms with E-state index >= 15 is 0 Å². The van der Waals surface area contributed by atoms with Crippen LogP contribution in [0.3, 0.4) is 0 Å². The molecule has 0 aromatic heterocycles. The van der Waals surface area contributed by atoms with Crippen molar-refractivity contribution in [1.29, 1.82) is 0 Å². The normalized spacial score (nSPS) is 18.4. The topological polar surface area (TPSA) is 55.6 Å². The van der Waals surface area contributed by atoms with Crippen LogP contribution in [0, 0.1) is 11.6 Å². The third kappa shape index (κ3) is 3.59. The monoisotopic (exact) mass is 412 g/mol. The number of hydrogen-bond acceptors (Lipinski definition) is 4. The molecule has 1 atom stereocenters. The number of halogens is 4. The second-order valence-corrected chi connectivity index (χ2v) is 7.41. The summed E-state index contributed by atoms with van der Waals surface area (Å²) in [6.45, 7) is 3.84. The van der Waals surface area contributed by atoms with Crippen LogP contribution in [0.2, 0.25) is 0 Å². The van der Waals surface area contributed by atoms with Gasteiger partial charge in [-0.1, -0.05) is 36.5 Å². The van der Waals surface area contributed by atoms with Gasteiger partial charge >= 0.3 is 12.3 Å². The highest BCUT2D eigenvalue weighted by Crippen LogP contribution is 2.52. The lowest BCUT2D eigenvalue weighted by Gasteiger charge is -2.44. The Balaban J connectivity index is 2.09. The number of nitrogens with two attached hydrogens (primary N) is 1. The van der Waals surface area contributed by atoms with Crippen molar-refractivity contribution in [3.63, 3.8) is 0 Å². The molecule has 1 aliphatic rings. The number of amides is 1. The molecule has 2 aromatic carbocycles. The first-order valence-electron chi connectivity index (χ1n) is 8.19. The molecule has 3 rings (SSSR count). The maximum Gasteiger partial charge on any atom is 0.317 e. The van der Waals surface area contributed by atoms with Crippen LogP contribution < -0.4 is 10.6 Å². The number of carbonyl (C=O) groups excluding carboxylic acids is 1. The molecule has 0 fully saturated rings. The van der Waals surface area contributed by atoms with Gasteiger partial charge in [0.1, 0.15) is 22.3 Å². The predicted molar refractivity (Wildman–Crippen MR) is 98.3 cm³/mol. The highest BCUT2D eigenvalue weighted by molar-refractivity contribution is 8.09. The van der Waals surface area contributed by atoms with Crippen molar-refractivity contribution in [2.24, 2.45) is 5.84 Å². The zero-order chi connectivity index (χ0) is 20.5. The summed E-state index contributed by atoms with van der Waals surface area (Å²) in [7, 11) is 0. The summed E-state index contributed by atoms with van der Waals surface area (Å²) in [5, 5.41) is 0.437. The number of nitrogens with zero attached hydrogens (tertiary/aromatic N) is 1. The van der Waals surface area contributed by atoms with Gasteiger partial charge in [0, 0.05) is 22.5 Å². The first-order valence-corrected chi connectivity index (χ1v) is 9.00. The maximum absolute atomic E-state index is 14.2. The zero-order valence-corrected chi connectivity index (χ0v) is 15.3. The molecule has 148 valence electrons. The van der Waals surface area contributed by atoms with E-state index in [1.807, 2.05) is 0 Å². The molecule has 28 heavy (non-hydrogen) atoms. The number of hydrogen-bond donors (Lipinski definition) is 1. The third-order valence-corrected chi connectivity index (χ3v) is 5.77. The number of hydrazine groups is 1. The van der Waals surface area contributed by atoms with Gasteiger partial charge in [-0.25, -0.2) is 14.6 Å². The average Bonchev–Trinajstić information content (AvgIpc) is 2.68. The maximum atomic E-state index is 14.2. The van der Waals surface area contributed by atoms with Crippen LogP contribution in [0.15, 0.2) is 49.0 Å². The smallest absolute Gasteiger partial charge is 0.317 e. The Bertz CT molecular complexity index is 925. The Morgan fingerprint density at radius 3 is 2.68 bits per heavy atom. The average molecular weight is 412 g/mol. The van der Waals surface area contributed by atoms with Gasteiger partial charge in [0.15, 0.2) is 0 Å². The quantitative estimate of drug-likeness (QED) is 0.262. The van der Waals surface area contributed by atoms with E-state index < -0.39 is 28.8 Å². The molecule has 1 unspecified atom stereocenters. The molecule has 4 nitrogen and oxygen atoms in total. The van der Waals surface area contributed by atoms with E-state index in [4.69, 9.17) is 10.6 Å². The highest BCUT2D eigenvalue weighted by atomic mass is 32.2. The SMILES string of the molecule is C=C(SC1(N(N)C(=O)C(F)F)CCOc2ccccc21)c1cc(F)ccc1F. The lowest BCUT2D eigenvalue weighted by Crippen LogP contribution is -2.55. The predicted octanol–water partition coefficient (Wildman–Crippen LogP) is 4.27. The Kier molecular flexibility index (Phi) is 5.66. The second kappa shape index (κ2) is 7.84. The third-order valence-electron chi connectivity index (χ3n) is 4.34. The van der Waals surface area contributed by atoms with Crippen molar-refractivity contribution in [2.45, 2.75) is 17.7 Å². The lowest BCUT2D eigenvalue weighted by molar-refractivity contribution is -0.147. The molecule has 1 amide bonds. The van der Waals surface area contributed by atoms with E-state index in [2.05, 4.69) is 6.58 Å². The minimum Gasteiger partial charge on any atom is -0.493 e. The minimum atomic E-state index is -3.34. The summed E-state index contributed by atoms with van der Waals surface area (Å²) in [4.78, 5) is 10.5. The van der Waals surface area contributed by atoms with E-state index in [9.17, 15) is 22.4 Å². The number of fused-ring (bicyclic) bond motifs is 1. The summed E-state index contributed by atoms with van der Waals surface area (Å²) in [5.74, 6) is 3.18. The van der Waals surface area contributed by atoms with E-state index in [1.165, 1.54) is 0 Å². The van der Waals surface area contributed by atoms with E-state index in [1.54, 1.807) is 24.3 Å². The van der Waals surface area contributed by atoms with Crippen LogP contribution in [-0.2, 0) is 9.67 Å². The van der Waals surface area contributed by atoms with Gasteiger partial charge in [0.2, 0.25) is 0 Å². The summed E-state index contributed by atoms with van der Waals surface area (Å²) in [6, 6.07) is 9.33. The Labute approximate surface area is 162 Å². The Morgan fingerprint density at radius 2 is 1.96 bits per heavy atom. The number of ether oxygens (including phenoxy) is 1. The van der Waals surface area contributed by atoms with Crippen molar-refractivity contribution in [1.82, 2.24) is 5.01 Å². The summed E-state index contributed by atoms with van der Waals surface area (Å²) >= 11 is 0.806. The number of thioether (sulfide) groups is 1. The first kappa shape index (κ1) is 20.2. The largest absolute Gasteiger partial charge is 0.493 e. The van der Waals surface area contributed by atoms with Crippen LogP contribution >= 0.6 is 11.8 Å². The van der Waals surface area contributed by atoms with Crippen LogP contribution in [-0.4, -0.2) is 23.9 Å². The standard InChI is InChI=1S/C19H16F4N2O2S/c1-11(13-10-12(20)6-7-15(13)21)28-19(25(24)18(26)17(22)23)8-9-27-16-5-3-2-4-14(16)19/h2-7,10,17H,1,8-9,24H2. The van der Waals surface area contributed by atoms with Crippen LogP contribution in [0.1, 0.15) is 17.5 Å². The van der Waals surface area contributed by atoms with E-state index in [0.29, 0.717) is 16.3 Å². The number of carbonyl (C=O) groups is 1. The van der Waals surface area contributed by atoms with Crippen LogP contribution in [0.5, 0.6) is 5.75 Å². The van der Waals surface area contributed by atoms with Gasteiger partial charge in [-0.15, -0.1) is 0 Å². The molecule has 2 aromatic rings. The molecule has 1 heterocycles. The van der Waals surface area contributed by atoms with Gasteiger partial charge in [0.05, 0.1) is 6.61 Å². The molecule has 0 saturated carbocycles. The van der Waals surface area contributed by atoms with Crippen molar-refractivity contribution >= 4 is 22.6 Å². The van der Waals surface area contributed by atoms with Gasteiger partial charge in [0.25, 0.3) is 0 Å². The molecule has 0 aliphatic carbocycles. The lowest BCUT2D eigenvalue weighted by atomic mass is 9.99. The fourth-order valence-electron chi connectivity index (χ4n) is 3.01.